The largest absolute Gasteiger partial charge is 0.465 e. The molecule has 0 saturated heterocycles. The summed E-state index contributed by atoms with van der Waals surface area (Å²) in [6.07, 6.45) is 1.04. The average Bonchev–Trinajstić information content (AvgIpc) is 2.59. The molecule has 0 spiro atoms. The summed E-state index contributed by atoms with van der Waals surface area (Å²) in [6, 6.07) is 16.2. The van der Waals surface area contributed by atoms with Gasteiger partial charge in [-0.3, -0.25) is 10.1 Å². The third-order valence-corrected chi connectivity index (χ3v) is 4.01. The number of carboxylic acid groups (broad SMARTS) is 1. The molecule has 6 heteroatoms. The van der Waals surface area contributed by atoms with Crippen LogP contribution in [0.1, 0.15) is 11.1 Å². The monoisotopic (exact) mass is 354 g/mol. The lowest BCUT2D eigenvalue weighted by molar-refractivity contribution is 0.210. The summed E-state index contributed by atoms with van der Waals surface area (Å²) in [5.41, 5.74) is 3.72. The van der Waals surface area contributed by atoms with Crippen LogP contribution in [0.5, 0.6) is 0 Å². The molecule has 25 heavy (non-hydrogen) atoms. The van der Waals surface area contributed by atoms with Crippen LogP contribution in [-0.4, -0.2) is 16.2 Å². The molecular formula is C19H15ClN2O3. The average molecular weight is 355 g/mol. The number of benzene rings is 2. The van der Waals surface area contributed by atoms with Gasteiger partial charge in [0.05, 0.1) is 0 Å². The summed E-state index contributed by atoms with van der Waals surface area (Å²) in [4.78, 5) is 25.5. The van der Waals surface area contributed by atoms with E-state index in [9.17, 15) is 9.59 Å². The molecule has 0 aliphatic carbocycles. The van der Waals surface area contributed by atoms with Gasteiger partial charge in [0, 0.05) is 28.9 Å². The van der Waals surface area contributed by atoms with Crippen molar-refractivity contribution in [1.29, 1.82) is 0 Å². The van der Waals surface area contributed by atoms with Crippen molar-refractivity contribution < 1.29 is 9.90 Å². The van der Waals surface area contributed by atoms with E-state index in [2.05, 4.69) is 10.3 Å². The van der Waals surface area contributed by atoms with E-state index in [0.29, 0.717) is 22.7 Å². The molecule has 0 aliphatic rings. The number of halogens is 1. The number of carbonyl (C=O) groups is 1. The van der Waals surface area contributed by atoms with Gasteiger partial charge in [-0.2, -0.15) is 0 Å². The topological polar surface area (TPSA) is 82.2 Å². The van der Waals surface area contributed by atoms with E-state index in [1.54, 1.807) is 42.6 Å². The maximum Gasteiger partial charge on any atom is 0.409 e. The predicted molar refractivity (Wildman–Crippen MR) is 98.4 cm³/mol. The van der Waals surface area contributed by atoms with Crippen molar-refractivity contribution in [3.63, 3.8) is 0 Å². The third kappa shape index (κ3) is 4.28. The number of rotatable bonds is 4. The standard InChI is InChI=1S/C19H15ClN2O3/c20-16-5-1-12(2-6-16)9-14-10-15(11-21-18(14)23)13-3-7-17(8-4-13)22-19(24)25/h1-8,10-11,22H,9H2,(H,21,23)(H,24,25). The number of aromatic nitrogens is 1. The van der Waals surface area contributed by atoms with Crippen molar-refractivity contribution in [2.24, 2.45) is 0 Å². The summed E-state index contributed by atoms with van der Waals surface area (Å²) in [5.74, 6) is 0. The molecule has 3 rings (SSSR count). The van der Waals surface area contributed by atoms with E-state index in [0.717, 1.165) is 16.7 Å². The first-order chi connectivity index (χ1) is 12.0. The Labute approximate surface area is 148 Å². The Bertz CT molecular complexity index is 948. The number of anilines is 1. The van der Waals surface area contributed by atoms with Crippen molar-refractivity contribution >= 4 is 23.4 Å². The Kier molecular flexibility index (Phi) is 4.86. The van der Waals surface area contributed by atoms with Crippen LogP contribution in [-0.2, 0) is 6.42 Å². The molecule has 1 amide bonds. The van der Waals surface area contributed by atoms with Crippen LogP contribution in [0, 0.1) is 0 Å². The Morgan fingerprint density at radius 3 is 2.36 bits per heavy atom. The number of amides is 1. The maximum atomic E-state index is 12.1. The molecule has 2 aromatic carbocycles. The van der Waals surface area contributed by atoms with Crippen molar-refractivity contribution in [2.45, 2.75) is 6.42 Å². The molecule has 0 aliphatic heterocycles. The van der Waals surface area contributed by atoms with Gasteiger partial charge in [0.2, 0.25) is 0 Å². The van der Waals surface area contributed by atoms with E-state index >= 15 is 0 Å². The van der Waals surface area contributed by atoms with Crippen LogP contribution in [0.2, 0.25) is 5.02 Å². The molecule has 1 aromatic heterocycles. The Morgan fingerprint density at radius 1 is 1.04 bits per heavy atom. The normalized spacial score (nSPS) is 10.4. The minimum absolute atomic E-state index is 0.136. The summed E-state index contributed by atoms with van der Waals surface area (Å²) < 4.78 is 0. The summed E-state index contributed by atoms with van der Waals surface area (Å²) >= 11 is 5.89. The fourth-order valence-electron chi connectivity index (χ4n) is 2.52. The van der Waals surface area contributed by atoms with Crippen LogP contribution in [0.4, 0.5) is 10.5 Å². The van der Waals surface area contributed by atoms with Gasteiger partial charge in [0.15, 0.2) is 0 Å². The lowest BCUT2D eigenvalue weighted by Crippen LogP contribution is -2.12. The van der Waals surface area contributed by atoms with Crippen molar-refractivity contribution in [2.75, 3.05) is 5.32 Å². The van der Waals surface area contributed by atoms with E-state index in [-0.39, 0.29) is 5.56 Å². The summed E-state index contributed by atoms with van der Waals surface area (Å²) in [5, 5.41) is 11.7. The molecule has 126 valence electrons. The fraction of sp³-hybridized carbons (Fsp3) is 0.0526. The minimum Gasteiger partial charge on any atom is -0.465 e. The zero-order valence-corrected chi connectivity index (χ0v) is 13.9. The molecule has 0 radical (unpaired) electrons. The summed E-state index contributed by atoms with van der Waals surface area (Å²) in [7, 11) is 0. The van der Waals surface area contributed by atoms with E-state index in [1.165, 1.54) is 0 Å². The van der Waals surface area contributed by atoms with Crippen LogP contribution in [0.25, 0.3) is 11.1 Å². The second-order valence-corrected chi connectivity index (χ2v) is 5.99. The number of pyridine rings is 1. The highest BCUT2D eigenvalue weighted by Crippen LogP contribution is 2.22. The fourth-order valence-corrected chi connectivity index (χ4v) is 2.65. The highest BCUT2D eigenvalue weighted by Gasteiger charge is 2.06. The van der Waals surface area contributed by atoms with Gasteiger partial charge in [0.25, 0.3) is 5.56 Å². The number of aromatic amines is 1. The van der Waals surface area contributed by atoms with Gasteiger partial charge in [-0.1, -0.05) is 35.9 Å². The van der Waals surface area contributed by atoms with Crippen LogP contribution >= 0.6 is 11.6 Å². The van der Waals surface area contributed by atoms with E-state index < -0.39 is 6.09 Å². The number of hydrogen-bond donors (Lipinski definition) is 3. The highest BCUT2D eigenvalue weighted by atomic mass is 35.5. The SMILES string of the molecule is O=C(O)Nc1ccc(-c2c[nH]c(=O)c(Cc3ccc(Cl)cc3)c2)cc1. The van der Waals surface area contributed by atoms with Crippen molar-refractivity contribution in [3.8, 4) is 11.1 Å². The van der Waals surface area contributed by atoms with Crippen LogP contribution in [0.15, 0.2) is 65.6 Å². The van der Waals surface area contributed by atoms with E-state index in [4.69, 9.17) is 16.7 Å². The lowest BCUT2D eigenvalue weighted by Gasteiger charge is -2.07. The van der Waals surface area contributed by atoms with Crippen molar-refractivity contribution in [1.82, 2.24) is 4.98 Å². The molecule has 3 aromatic rings. The number of nitrogens with one attached hydrogen (secondary N) is 2. The van der Waals surface area contributed by atoms with Gasteiger partial charge in [-0.15, -0.1) is 0 Å². The molecular weight excluding hydrogens is 340 g/mol. The van der Waals surface area contributed by atoms with Gasteiger partial charge < -0.3 is 10.1 Å². The Balaban J connectivity index is 1.87. The lowest BCUT2D eigenvalue weighted by atomic mass is 10.0. The predicted octanol–water partition coefficient (Wildman–Crippen LogP) is 4.38. The molecule has 5 nitrogen and oxygen atoms in total. The molecule has 0 bridgehead atoms. The zero-order valence-electron chi connectivity index (χ0n) is 13.1. The summed E-state index contributed by atoms with van der Waals surface area (Å²) in [6.45, 7) is 0. The number of H-pyrrole nitrogens is 1. The maximum absolute atomic E-state index is 12.1. The molecule has 1 heterocycles. The highest BCUT2D eigenvalue weighted by molar-refractivity contribution is 6.30. The quantitative estimate of drug-likeness (QED) is 0.650. The minimum atomic E-state index is -1.11. The smallest absolute Gasteiger partial charge is 0.409 e. The second kappa shape index (κ2) is 7.23. The molecule has 0 saturated carbocycles. The Hall–Kier alpha value is -3.05. The first kappa shape index (κ1) is 16.8. The third-order valence-electron chi connectivity index (χ3n) is 3.76. The van der Waals surface area contributed by atoms with Gasteiger partial charge in [-0.25, -0.2) is 4.79 Å². The van der Waals surface area contributed by atoms with Gasteiger partial charge in [-0.05, 0) is 47.0 Å². The molecule has 3 N–H and O–H groups in total. The molecule has 0 atom stereocenters. The first-order valence-corrected chi connectivity index (χ1v) is 7.95. The molecule has 0 fully saturated rings. The molecule has 0 unspecified atom stereocenters. The van der Waals surface area contributed by atoms with Crippen molar-refractivity contribution in [3.05, 3.63) is 87.3 Å². The zero-order chi connectivity index (χ0) is 17.8. The Morgan fingerprint density at radius 2 is 1.72 bits per heavy atom. The van der Waals surface area contributed by atoms with Gasteiger partial charge >= 0.3 is 6.09 Å². The van der Waals surface area contributed by atoms with Gasteiger partial charge in [0.1, 0.15) is 0 Å². The van der Waals surface area contributed by atoms with E-state index in [1.807, 2.05) is 18.2 Å². The number of hydrogen-bond acceptors (Lipinski definition) is 2. The first-order valence-electron chi connectivity index (χ1n) is 7.58. The van der Waals surface area contributed by atoms with Crippen LogP contribution in [0.3, 0.4) is 0 Å². The van der Waals surface area contributed by atoms with Crippen LogP contribution < -0.4 is 10.9 Å². The second-order valence-electron chi connectivity index (χ2n) is 5.55.